The highest BCUT2D eigenvalue weighted by molar-refractivity contribution is 7.17. The molecule has 3 aromatic heterocycles. The zero-order valence-electron chi connectivity index (χ0n) is 12.1. The Morgan fingerprint density at radius 1 is 1.50 bits per heavy atom. The summed E-state index contributed by atoms with van der Waals surface area (Å²) in [6, 6.07) is 3.44. The number of nitrogens with one attached hydrogen (secondary N) is 1. The summed E-state index contributed by atoms with van der Waals surface area (Å²) in [6.07, 6.45) is 1.37. The van der Waals surface area contributed by atoms with E-state index in [0.717, 1.165) is 5.69 Å². The monoisotopic (exact) mass is 318 g/mol. The van der Waals surface area contributed by atoms with Crippen molar-refractivity contribution >= 4 is 33.3 Å². The Kier molecular flexibility index (Phi) is 3.76. The molecule has 1 amide bonds. The molecule has 114 valence electrons. The lowest BCUT2D eigenvalue weighted by Gasteiger charge is -2.04. The fourth-order valence-corrected chi connectivity index (χ4v) is 2.74. The van der Waals surface area contributed by atoms with Crippen LogP contribution in [-0.4, -0.2) is 20.6 Å². The van der Waals surface area contributed by atoms with Crippen LogP contribution < -0.4 is 10.9 Å². The normalized spacial score (nSPS) is 11.2. The zero-order chi connectivity index (χ0) is 15.7. The van der Waals surface area contributed by atoms with Crippen molar-refractivity contribution in [2.24, 2.45) is 0 Å². The second-order valence-electron chi connectivity index (χ2n) is 5.13. The Bertz CT molecular complexity index is 877. The van der Waals surface area contributed by atoms with Gasteiger partial charge in [0.05, 0.1) is 17.5 Å². The average Bonchev–Trinajstić information content (AvgIpc) is 3.11. The Labute approximate surface area is 129 Å². The van der Waals surface area contributed by atoms with Gasteiger partial charge in [0.1, 0.15) is 11.2 Å². The lowest BCUT2D eigenvalue weighted by molar-refractivity contribution is -0.116. The van der Waals surface area contributed by atoms with Gasteiger partial charge in [-0.3, -0.25) is 19.5 Å². The molecule has 0 spiro atoms. The third kappa shape index (κ3) is 2.77. The van der Waals surface area contributed by atoms with Crippen molar-refractivity contribution in [2.45, 2.75) is 26.3 Å². The van der Waals surface area contributed by atoms with E-state index in [2.05, 4.69) is 15.5 Å². The van der Waals surface area contributed by atoms with Crippen LogP contribution in [0.25, 0.3) is 10.2 Å². The van der Waals surface area contributed by atoms with E-state index in [1.54, 1.807) is 17.5 Å². The van der Waals surface area contributed by atoms with Gasteiger partial charge in [0.2, 0.25) is 11.8 Å². The molecule has 0 fully saturated rings. The van der Waals surface area contributed by atoms with Crippen molar-refractivity contribution < 1.29 is 9.32 Å². The van der Waals surface area contributed by atoms with E-state index < -0.39 is 0 Å². The van der Waals surface area contributed by atoms with Gasteiger partial charge in [-0.1, -0.05) is 19.0 Å². The van der Waals surface area contributed by atoms with Gasteiger partial charge >= 0.3 is 0 Å². The zero-order valence-corrected chi connectivity index (χ0v) is 12.9. The van der Waals surface area contributed by atoms with Crippen LogP contribution in [0.5, 0.6) is 0 Å². The lowest BCUT2D eigenvalue weighted by Crippen LogP contribution is -2.27. The molecule has 8 heteroatoms. The molecule has 1 N–H and O–H groups in total. The Morgan fingerprint density at radius 2 is 2.32 bits per heavy atom. The smallest absolute Gasteiger partial charge is 0.271 e. The van der Waals surface area contributed by atoms with E-state index in [1.807, 2.05) is 13.8 Å². The van der Waals surface area contributed by atoms with E-state index in [0.29, 0.717) is 10.2 Å². The molecule has 0 aromatic carbocycles. The summed E-state index contributed by atoms with van der Waals surface area (Å²) < 4.78 is 6.85. The van der Waals surface area contributed by atoms with Crippen LogP contribution in [-0.2, 0) is 11.3 Å². The Balaban J connectivity index is 1.75. The molecule has 22 heavy (non-hydrogen) atoms. The molecule has 0 atom stereocenters. The number of fused-ring (bicyclic) bond motifs is 1. The third-order valence-corrected chi connectivity index (χ3v) is 4.02. The summed E-state index contributed by atoms with van der Waals surface area (Å²) in [5, 5.41) is 8.24. The number of hydrogen-bond donors (Lipinski definition) is 1. The molecule has 0 aliphatic heterocycles. The van der Waals surface area contributed by atoms with Crippen molar-refractivity contribution in [1.82, 2.24) is 14.7 Å². The maximum atomic E-state index is 12.2. The van der Waals surface area contributed by atoms with E-state index in [1.165, 1.54) is 22.2 Å². The first-order valence-corrected chi connectivity index (χ1v) is 7.61. The van der Waals surface area contributed by atoms with Crippen molar-refractivity contribution in [3.05, 3.63) is 39.9 Å². The van der Waals surface area contributed by atoms with Gasteiger partial charge < -0.3 is 4.52 Å². The number of rotatable bonds is 4. The van der Waals surface area contributed by atoms with Crippen LogP contribution in [0, 0.1) is 0 Å². The molecule has 0 aliphatic carbocycles. The highest BCUT2D eigenvalue weighted by Crippen LogP contribution is 2.17. The van der Waals surface area contributed by atoms with Gasteiger partial charge in [-0.2, -0.15) is 0 Å². The molecule has 0 aliphatic rings. The fraction of sp³-hybridized carbons (Fsp3) is 0.286. The molecule has 3 heterocycles. The van der Waals surface area contributed by atoms with Crippen molar-refractivity contribution in [2.75, 3.05) is 5.32 Å². The van der Waals surface area contributed by atoms with Gasteiger partial charge in [0.25, 0.3) is 5.56 Å². The maximum absolute atomic E-state index is 12.2. The summed E-state index contributed by atoms with van der Waals surface area (Å²) in [7, 11) is 0. The summed E-state index contributed by atoms with van der Waals surface area (Å²) in [4.78, 5) is 28.3. The summed E-state index contributed by atoms with van der Waals surface area (Å²) >= 11 is 1.31. The molecule has 3 aromatic rings. The second-order valence-corrected chi connectivity index (χ2v) is 6.05. The maximum Gasteiger partial charge on any atom is 0.271 e. The van der Waals surface area contributed by atoms with Crippen LogP contribution in [0.2, 0.25) is 0 Å². The average molecular weight is 318 g/mol. The van der Waals surface area contributed by atoms with Crippen LogP contribution in [0.1, 0.15) is 25.5 Å². The topological polar surface area (TPSA) is 90.0 Å². The van der Waals surface area contributed by atoms with Gasteiger partial charge in [-0.05, 0) is 17.4 Å². The van der Waals surface area contributed by atoms with Crippen molar-refractivity contribution in [3.63, 3.8) is 0 Å². The first-order valence-electron chi connectivity index (χ1n) is 6.73. The standard InChI is InChI=1S/C14H14N4O3S/c1-8(2)10-5-12(21-17-10)16-11(19)6-18-7-15-9-3-4-22-13(9)14(18)20/h3-5,7-8H,6H2,1-2H3,(H,16,19). The number of anilines is 1. The van der Waals surface area contributed by atoms with Crippen LogP contribution >= 0.6 is 11.3 Å². The minimum absolute atomic E-state index is 0.128. The number of hydrogen-bond acceptors (Lipinski definition) is 6. The molecular weight excluding hydrogens is 304 g/mol. The Hall–Kier alpha value is -2.48. The molecule has 0 radical (unpaired) electrons. The van der Waals surface area contributed by atoms with Gasteiger partial charge in [-0.15, -0.1) is 11.3 Å². The molecule has 0 saturated heterocycles. The first kappa shape index (κ1) is 14.5. The molecule has 0 saturated carbocycles. The van der Waals surface area contributed by atoms with Crippen molar-refractivity contribution in [3.8, 4) is 0 Å². The van der Waals surface area contributed by atoms with Gasteiger partial charge in [0, 0.05) is 6.07 Å². The summed E-state index contributed by atoms with van der Waals surface area (Å²) in [6.45, 7) is 3.83. The van der Waals surface area contributed by atoms with Crippen LogP contribution in [0.15, 0.2) is 33.2 Å². The summed E-state index contributed by atoms with van der Waals surface area (Å²) in [5.41, 5.74) is 1.17. The number of aromatic nitrogens is 3. The lowest BCUT2D eigenvalue weighted by atomic mass is 10.1. The number of amides is 1. The SMILES string of the molecule is CC(C)c1cc(NC(=O)Cn2cnc3ccsc3c2=O)on1. The predicted molar refractivity (Wildman–Crippen MR) is 83.1 cm³/mol. The minimum atomic E-state index is -0.369. The molecule has 0 bridgehead atoms. The second kappa shape index (κ2) is 5.72. The fourth-order valence-electron chi connectivity index (χ4n) is 1.94. The number of carbonyl (C=O) groups is 1. The number of nitrogens with zero attached hydrogens (tertiary/aromatic N) is 3. The minimum Gasteiger partial charge on any atom is -0.338 e. The third-order valence-electron chi connectivity index (χ3n) is 3.13. The van der Waals surface area contributed by atoms with Gasteiger partial charge in [0.15, 0.2) is 0 Å². The Morgan fingerprint density at radius 3 is 3.05 bits per heavy atom. The highest BCUT2D eigenvalue weighted by Gasteiger charge is 2.12. The quantitative estimate of drug-likeness (QED) is 0.796. The van der Waals surface area contributed by atoms with Crippen molar-refractivity contribution in [1.29, 1.82) is 0 Å². The largest absolute Gasteiger partial charge is 0.338 e. The molecule has 7 nitrogen and oxygen atoms in total. The van der Waals surface area contributed by atoms with Crippen LogP contribution in [0.4, 0.5) is 5.88 Å². The van der Waals surface area contributed by atoms with Crippen LogP contribution in [0.3, 0.4) is 0 Å². The molecular formula is C14H14N4O3S. The number of carbonyl (C=O) groups excluding carboxylic acids is 1. The molecule has 3 rings (SSSR count). The first-order chi connectivity index (χ1) is 10.5. The van der Waals surface area contributed by atoms with E-state index >= 15 is 0 Å². The summed E-state index contributed by atoms with van der Waals surface area (Å²) in [5.74, 6) is 0.112. The predicted octanol–water partition coefficient (Wildman–Crippen LogP) is 2.21. The van der Waals surface area contributed by atoms with Gasteiger partial charge in [-0.25, -0.2) is 4.98 Å². The molecule has 0 unspecified atom stereocenters. The van der Waals surface area contributed by atoms with E-state index in [9.17, 15) is 9.59 Å². The number of thiophene rings is 1. The highest BCUT2D eigenvalue weighted by atomic mass is 32.1. The van der Waals surface area contributed by atoms with E-state index in [-0.39, 0.29) is 29.8 Å². The van der Waals surface area contributed by atoms with E-state index in [4.69, 9.17) is 4.52 Å².